The summed E-state index contributed by atoms with van der Waals surface area (Å²) in [5, 5.41) is 24.4. The summed E-state index contributed by atoms with van der Waals surface area (Å²) in [6, 6.07) is 7.93. The van der Waals surface area contributed by atoms with Crippen molar-refractivity contribution in [2.24, 2.45) is 0 Å². The molecule has 1 aliphatic heterocycles. The Bertz CT molecular complexity index is 1210. The first-order valence-electron chi connectivity index (χ1n) is 10.3. The van der Waals surface area contributed by atoms with Crippen molar-refractivity contribution in [1.29, 1.82) is 0 Å². The topological polar surface area (TPSA) is 119 Å². The zero-order valence-electron chi connectivity index (χ0n) is 16.8. The fourth-order valence-corrected chi connectivity index (χ4v) is 4.82. The van der Waals surface area contributed by atoms with Gasteiger partial charge in [0.1, 0.15) is 17.0 Å². The van der Waals surface area contributed by atoms with Gasteiger partial charge in [0.15, 0.2) is 0 Å². The van der Waals surface area contributed by atoms with Gasteiger partial charge in [0.05, 0.1) is 28.6 Å². The van der Waals surface area contributed by atoms with Crippen molar-refractivity contribution in [3.8, 4) is 0 Å². The van der Waals surface area contributed by atoms with E-state index in [2.05, 4.69) is 35.7 Å². The summed E-state index contributed by atoms with van der Waals surface area (Å²) in [7, 11) is 0. The SMILES string of the molecule is O=C(NC1CCN(CCO)CC1)c1cc2c(Nc3ccc4cn[nH]c4c3)ncnc2s1. The molecule has 4 heterocycles. The largest absolute Gasteiger partial charge is 0.395 e. The molecule has 4 N–H and O–H groups in total. The zero-order valence-corrected chi connectivity index (χ0v) is 17.7. The fourth-order valence-electron chi connectivity index (χ4n) is 3.92. The van der Waals surface area contributed by atoms with E-state index >= 15 is 0 Å². The first kappa shape index (κ1) is 19.9. The maximum absolute atomic E-state index is 12.8. The number of carbonyl (C=O) groups is 1. The van der Waals surface area contributed by atoms with Crippen LogP contribution in [0.5, 0.6) is 0 Å². The summed E-state index contributed by atoms with van der Waals surface area (Å²) in [4.78, 5) is 25.2. The van der Waals surface area contributed by atoms with Gasteiger partial charge < -0.3 is 20.6 Å². The Morgan fingerprint density at radius 2 is 2.13 bits per heavy atom. The minimum atomic E-state index is -0.0755. The van der Waals surface area contributed by atoms with E-state index in [1.807, 2.05) is 24.3 Å². The minimum absolute atomic E-state index is 0.0755. The number of β-amino-alcohol motifs (C(OH)–C–C–N with tert-alkyl or cyclic N) is 1. The van der Waals surface area contributed by atoms with Crippen molar-refractivity contribution < 1.29 is 9.90 Å². The van der Waals surface area contributed by atoms with Crippen LogP contribution in [0.3, 0.4) is 0 Å². The molecular formula is C21H23N7O2S. The third kappa shape index (κ3) is 4.22. The van der Waals surface area contributed by atoms with Crippen LogP contribution in [0.2, 0.25) is 0 Å². The number of rotatable bonds is 6. The number of nitrogens with one attached hydrogen (secondary N) is 3. The number of piperidine rings is 1. The standard InChI is InChI=1S/C21H23N7O2S/c29-8-7-28-5-3-14(4-6-28)26-20(30)18-10-16-19(22-12-23-21(16)31-18)25-15-2-1-13-11-24-27-17(13)9-15/h1-2,9-12,14,29H,3-8H2,(H,24,27)(H,26,30)(H,22,23,25). The lowest BCUT2D eigenvalue weighted by Gasteiger charge is -2.31. The predicted molar refractivity (Wildman–Crippen MR) is 121 cm³/mol. The number of H-pyrrole nitrogens is 1. The number of hydrogen-bond donors (Lipinski definition) is 4. The van der Waals surface area contributed by atoms with Crippen LogP contribution in [0.4, 0.5) is 11.5 Å². The van der Waals surface area contributed by atoms with E-state index in [-0.39, 0.29) is 18.6 Å². The summed E-state index contributed by atoms with van der Waals surface area (Å²) < 4.78 is 0. The molecule has 1 aromatic carbocycles. The van der Waals surface area contributed by atoms with E-state index < -0.39 is 0 Å². The van der Waals surface area contributed by atoms with Crippen molar-refractivity contribution in [3.05, 3.63) is 41.7 Å². The molecule has 10 heteroatoms. The number of nitrogens with zero attached hydrogens (tertiary/aromatic N) is 4. The summed E-state index contributed by atoms with van der Waals surface area (Å²) >= 11 is 1.37. The summed E-state index contributed by atoms with van der Waals surface area (Å²) in [5.41, 5.74) is 1.81. The van der Waals surface area contributed by atoms with E-state index in [0.717, 1.165) is 52.7 Å². The second kappa shape index (κ2) is 8.58. The maximum Gasteiger partial charge on any atom is 0.261 e. The highest BCUT2D eigenvalue weighted by atomic mass is 32.1. The number of thiophene rings is 1. The summed E-state index contributed by atoms with van der Waals surface area (Å²) in [6.07, 6.45) is 5.06. The lowest BCUT2D eigenvalue weighted by molar-refractivity contribution is 0.0907. The predicted octanol–water partition coefficient (Wildman–Crippen LogP) is 2.50. The molecule has 0 atom stereocenters. The fraction of sp³-hybridized carbons (Fsp3) is 0.333. The van der Waals surface area contributed by atoms with E-state index in [9.17, 15) is 4.79 Å². The molecule has 4 aromatic rings. The molecule has 3 aromatic heterocycles. The molecule has 1 amide bonds. The Morgan fingerprint density at radius 3 is 2.97 bits per heavy atom. The van der Waals surface area contributed by atoms with E-state index in [4.69, 9.17) is 5.11 Å². The normalized spacial score (nSPS) is 15.5. The van der Waals surface area contributed by atoms with Crippen LogP contribution < -0.4 is 10.6 Å². The summed E-state index contributed by atoms with van der Waals surface area (Å²) in [5.74, 6) is 0.588. The van der Waals surface area contributed by atoms with Gasteiger partial charge in [-0.15, -0.1) is 11.3 Å². The van der Waals surface area contributed by atoms with E-state index in [1.165, 1.54) is 17.7 Å². The molecule has 1 aliphatic rings. The van der Waals surface area contributed by atoms with Gasteiger partial charge >= 0.3 is 0 Å². The maximum atomic E-state index is 12.8. The molecule has 0 radical (unpaired) electrons. The molecule has 31 heavy (non-hydrogen) atoms. The number of anilines is 2. The van der Waals surface area contributed by atoms with Gasteiger partial charge in [-0.2, -0.15) is 5.10 Å². The van der Waals surface area contributed by atoms with Crippen LogP contribution >= 0.6 is 11.3 Å². The molecular weight excluding hydrogens is 414 g/mol. The van der Waals surface area contributed by atoms with Crippen LogP contribution in [0.1, 0.15) is 22.5 Å². The number of aromatic nitrogens is 4. The molecule has 0 aliphatic carbocycles. The average molecular weight is 438 g/mol. The van der Waals surface area contributed by atoms with Gasteiger partial charge in [0, 0.05) is 36.7 Å². The number of aliphatic hydroxyl groups is 1. The van der Waals surface area contributed by atoms with Crippen molar-refractivity contribution in [3.63, 3.8) is 0 Å². The number of likely N-dealkylation sites (tertiary alicyclic amines) is 1. The Kier molecular flexibility index (Phi) is 5.49. The highest BCUT2D eigenvalue weighted by Gasteiger charge is 2.22. The third-order valence-electron chi connectivity index (χ3n) is 5.60. The number of aromatic amines is 1. The van der Waals surface area contributed by atoms with Crippen molar-refractivity contribution in [2.75, 3.05) is 31.6 Å². The van der Waals surface area contributed by atoms with Gasteiger partial charge in [-0.05, 0) is 37.1 Å². The molecule has 9 nitrogen and oxygen atoms in total. The lowest BCUT2D eigenvalue weighted by Crippen LogP contribution is -2.45. The van der Waals surface area contributed by atoms with Crippen molar-refractivity contribution in [2.45, 2.75) is 18.9 Å². The van der Waals surface area contributed by atoms with Gasteiger partial charge in [-0.1, -0.05) is 0 Å². The Hall–Kier alpha value is -3.08. The second-order valence-electron chi connectivity index (χ2n) is 7.66. The highest BCUT2D eigenvalue weighted by molar-refractivity contribution is 7.20. The van der Waals surface area contributed by atoms with Crippen LogP contribution in [0.25, 0.3) is 21.1 Å². The number of aliphatic hydroxyl groups excluding tert-OH is 1. The van der Waals surface area contributed by atoms with Crippen LogP contribution in [0.15, 0.2) is 36.8 Å². The smallest absolute Gasteiger partial charge is 0.261 e. The first-order valence-corrected chi connectivity index (χ1v) is 11.1. The average Bonchev–Trinajstić information content (AvgIpc) is 3.42. The van der Waals surface area contributed by atoms with E-state index in [0.29, 0.717) is 17.2 Å². The Labute approximate surface area is 182 Å². The zero-order chi connectivity index (χ0) is 21.2. The number of carbonyl (C=O) groups excluding carboxylic acids is 1. The van der Waals surface area contributed by atoms with Crippen LogP contribution in [0, 0.1) is 0 Å². The lowest BCUT2D eigenvalue weighted by atomic mass is 10.1. The highest BCUT2D eigenvalue weighted by Crippen LogP contribution is 2.30. The van der Waals surface area contributed by atoms with E-state index in [1.54, 1.807) is 6.20 Å². The molecule has 1 fully saturated rings. The summed E-state index contributed by atoms with van der Waals surface area (Å²) in [6.45, 7) is 2.64. The van der Waals surface area contributed by atoms with Crippen molar-refractivity contribution >= 4 is 49.9 Å². The molecule has 5 rings (SSSR count). The van der Waals surface area contributed by atoms with Gasteiger partial charge in [0.25, 0.3) is 5.91 Å². The third-order valence-corrected chi connectivity index (χ3v) is 6.64. The number of fused-ring (bicyclic) bond motifs is 2. The molecule has 0 saturated carbocycles. The van der Waals surface area contributed by atoms with Gasteiger partial charge in [0.2, 0.25) is 0 Å². The van der Waals surface area contributed by atoms with Gasteiger partial charge in [-0.25, -0.2) is 9.97 Å². The van der Waals surface area contributed by atoms with Crippen molar-refractivity contribution in [1.82, 2.24) is 30.4 Å². The number of hydrogen-bond acceptors (Lipinski definition) is 8. The van der Waals surface area contributed by atoms with Gasteiger partial charge in [-0.3, -0.25) is 9.89 Å². The second-order valence-corrected chi connectivity index (χ2v) is 8.69. The monoisotopic (exact) mass is 437 g/mol. The Morgan fingerprint density at radius 1 is 1.26 bits per heavy atom. The molecule has 0 bridgehead atoms. The number of amides is 1. The Balaban J connectivity index is 1.31. The molecule has 0 unspecified atom stereocenters. The quantitative estimate of drug-likeness (QED) is 0.366. The molecule has 160 valence electrons. The first-order chi connectivity index (χ1) is 15.2. The molecule has 0 spiro atoms. The van der Waals surface area contributed by atoms with Crippen LogP contribution in [-0.2, 0) is 0 Å². The number of benzene rings is 1. The molecule has 1 saturated heterocycles. The van der Waals surface area contributed by atoms with Crippen LogP contribution in [-0.4, -0.2) is 68.4 Å². The minimum Gasteiger partial charge on any atom is -0.395 e.